The van der Waals surface area contributed by atoms with E-state index in [0.717, 1.165) is 37.4 Å². The van der Waals surface area contributed by atoms with Gasteiger partial charge < -0.3 is 14.2 Å². The number of nitrogens with zero attached hydrogens (tertiary/aromatic N) is 1. The zero-order chi connectivity index (χ0) is 15.3. The van der Waals surface area contributed by atoms with Gasteiger partial charge in [-0.25, -0.2) is 0 Å². The van der Waals surface area contributed by atoms with E-state index in [1.807, 2.05) is 0 Å². The summed E-state index contributed by atoms with van der Waals surface area (Å²) in [6.07, 6.45) is 3.62. The van der Waals surface area contributed by atoms with Crippen LogP contribution in [-0.2, 0) is 14.2 Å². The number of hydrogen-bond acceptors (Lipinski definition) is 4. The van der Waals surface area contributed by atoms with E-state index in [2.05, 4.69) is 34.7 Å². The van der Waals surface area contributed by atoms with Crippen LogP contribution in [0.5, 0.6) is 0 Å². The monoisotopic (exact) mass is 365 g/mol. The molecule has 1 aliphatic heterocycles. The maximum absolute atomic E-state index is 5.65. The Labute approximate surface area is 138 Å². The fourth-order valence-corrected chi connectivity index (χ4v) is 3.63. The van der Waals surface area contributed by atoms with Crippen LogP contribution in [0.2, 0.25) is 0 Å². The highest BCUT2D eigenvalue weighted by Gasteiger charge is 2.29. The predicted octanol–water partition coefficient (Wildman–Crippen LogP) is 2.94. The summed E-state index contributed by atoms with van der Waals surface area (Å²) in [6.45, 7) is 11.1. The Hall–Kier alpha value is 0.320. The second-order valence-electron chi connectivity index (χ2n) is 5.71. The zero-order valence-corrected chi connectivity index (χ0v) is 15.3. The summed E-state index contributed by atoms with van der Waals surface area (Å²) >= 11 is 3.62. The summed E-state index contributed by atoms with van der Waals surface area (Å²) in [4.78, 5) is 2.53. The second kappa shape index (κ2) is 12.8. The molecule has 0 aliphatic carbocycles. The summed E-state index contributed by atoms with van der Waals surface area (Å²) in [5.74, 6) is 0.792. The van der Waals surface area contributed by atoms with E-state index in [9.17, 15) is 0 Å². The van der Waals surface area contributed by atoms with Crippen LogP contribution in [0.3, 0.4) is 0 Å². The molecular formula is C16H32BrNO3. The van der Waals surface area contributed by atoms with Crippen molar-refractivity contribution in [3.63, 3.8) is 0 Å². The normalized spacial score (nSPS) is 23.0. The molecule has 21 heavy (non-hydrogen) atoms. The Balaban J connectivity index is 1.84. The number of likely N-dealkylation sites (tertiary alicyclic amines) is 1. The maximum Gasteiger partial charge on any atom is 0.0701 e. The molecule has 0 N–H and O–H groups in total. The molecule has 1 fully saturated rings. The van der Waals surface area contributed by atoms with Gasteiger partial charge in [0.25, 0.3) is 0 Å². The molecule has 5 heteroatoms. The van der Waals surface area contributed by atoms with Crippen LogP contribution in [0, 0.1) is 5.92 Å². The molecule has 2 unspecified atom stereocenters. The average Bonchev–Trinajstić information content (AvgIpc) is 2.85. The molecule has 0 spiro atoms. The molecule has 0 radical (unpaired) electrons. The van der Waals surface area contributed by atoms with Crippen molar-refractivity contribution in [1.29, 1.82) is 0 Å². The molecule has 2 atom stereocenters. The molecule has 1 heterocycles. The van der Waals surface area contributed by atoms with E-state index < -0.39 is 0 Å². The summed E-state index contributed by atoms with van der Waals surface area (Å²) in [5, 5.41) is 1.06. The minimum absolute atomic E-state index is 0.662. The van der Waals surface area contributed by atoms with Crippen LogP contribution in [0.4, 0.5) is 0 Å². The van der Waals surface area contributed by atoms with E-state index in [0.29, 0.717) is 32.5 Å². The van der Waals surface area contributed by atoms with E-state index in [4.69, 9.17) is 14.2 Å². The molecule has 1 rings (SSSR count). The molecular weight excluding hydrogens is 334 g/mol. The quantitative estimate of drug-likeness (QED) is 0.371. The fraction of sp³-hybridized carbons (Fsp3) is 1.00. The summed E-state index contributed by atoms with van der Waals surface area (Å²) in [5.41, 5.74) is 0. The summed E-state index contributed by atoms with van der Waals surface area (Å²) in [6, 6.07) is 0.671. The third-order valence-corrected chi connectivity index (χ3v) is 4.73. The third-order valence-electron chi connectivity index (χ3n) is 4.06. The van der Waals surface area contributed by atoms with Gasteiger partial charge in [-0.05, 0) is 25.3 Å². The van der Waals surface area contributed by atoms with Gasteiger partial charge in [0.05, 0.1) is 33.0 Å². The Morgan fingerprint density at radius 2 is 1.62 bits per heavy atom. The van der Waals surface area contributed by atoms with Crippen molar-refractivity contribution >= 4 is 15.9 Å². The molecule has 4 nitrogen and oxygen atoms in total. The van der Waals surface area contributed by atoms with E-state index in [-0.39, 0.29) is 0 Å². The van der Waals surface area contributed by atoms with Gasteiger partial charge in [0.1, 0.15) is 0 Å². The molecule has 0 amide bonds. The molecule has 0 saturated carbocycles. The van der Waals surface area contributed by atoms with Gasteiger partial charge >= 0.3 is 0 Å². The standard InChI is InChI=1S/C16H32BrNO3/c1-3-4-8-19-10-12-21-13-11-20-9-7-18-6-5-15(2)16(18)14-17/h15-16H,3-14H2,1-2H3. The fourth-order valence-electron chi connectivity index (χ4n) is 2.58. The molecule has 1 saturated heterocycles. The number of hydrogen-bond donors (Lipinski definition) is 0. The highest BCUT2D eigenvalue weighted by atomic mass is 79.9. The summed E-state index contributed by atoms with van der Waals surface area (Å²) in [7, 11) is 0. The minimum Gasteiger partial charge on any atom is -0.379 e. The van der Waals surface area contributed by atoms with E-state index >= 15 is 0 Å². The van der Waals surface area contributed by atoms with Gasteiger partial charge in [-0.2, -0.15) is 0 Å². The van der Waals surface area contributed by atoms with Gasteiger partial charge in [0, 0.05) is 24.5 Å². The van der Waals surface area contributed by atoms with Crippen molar-refractivity contribution < 1.29 is 14.2 Å². The first-order chi connectivity index (χ1) is 10.3. The topological polar surface area (TPSA) is 30.9 Å². The zero-order valence-electron chi connectivity index (χ0n) is 13.7. The lowest BCUT2D eigenvalue weighted by Gasteiger charge is -2.24. The van der Waals surface area contributed by atoms with E-state index in [1.165, 1.54) is 19.4 Å². The van der Waals surface area contributed by atoms with Gasteiger partial charge in [-0.15, -0.1) is 0 Å². The molecule has 126 valence electrons. The van der Waals surface area contributed by atoms with Crippen LogP contribution in [-0.4, -0.2) is 69.0 Å². The lowest BCUT2D eigenvalue weighted by molar-refractivity contribution is 0.00968. The van der Waals surface area contributed by atoms with Crippen LogP contribution >= 0.6 is 15.9 Å². The molecule has 0 aromatic carbocycles. The van der Waals surface area contributed by atoms with Crippen molar-refractivity contribution in [3.05, 3.63) is 0 Å². The second-order valence-corrected chi connectivity index (χ2v) is 6.36. The average molecular weight is 366 g/mol. The molecule has 0 bridgehead atoms. The van der Waals surface area contributed by atoms with Crippen LogP contribution < -0.4 is 0 Å². The van der Waals surface area contributed by atoms with Crippen molar-refractivity contribution in [1.82, 2.24) is 4.90 Å². The first-order valence-electron chi connectivity index (χ1n) is 8.32. The smallest absolute Gasteiger partial charge is 0.0701 e. The number of unbranched alkanes of at least 4 members (excludes halogenated alkanes) is 1. The maximum atomic E-state index is 5.65. The van der Waals surface area contributed by atoms with Gasteiger partial charge in [-0.1, -0.05) is 36.2 Å². The van der Waals surface area contributed by atoms with Crippen LogP contribution in [0.1, 0.15) is 33.1 Å². The highest BCUT2D eigenvalue weighted by molar-refractivity contribution is 9.09. The SMILES string of the molecule is CCCCOCCOCCOCCN1CCC(C)C1CBr. The van der Waals surface area contributed by atoms with Crippen molar-refractivity contribution in [2.45, 2.75) is 39.2 Å². The number of halogens is 1. The Bertz CT molecular complexity index is 244. The van der Waals surface area contributed by atoms with Gasteiger partial charge in [0.2, 0.25) is 0 Å². The largest absolute Gasteiger partial charge is 0.379 e. The van der Waals surface area contributed by atoms with Gasteiger partial charge in [-0.3, -0.25) is 4.90 Å². The van der Waals surface area contributed by atoms with Crippen LogP contribution in [0.15, 0.2) is 0 Å². The lowest BCUT2D eigenvalue weighted by atomic mass is 10.1. The minimum atomic E-state index is 0.662. The van der Waals surface area contributed by atoms with Gasteiger partial charge in [0.15, 0.2) is 0 Å². The van der Waals surface area contributed by atoms with Crippen LogP contribution in [0.25, 0.3) is 0 Å². The third kappa shape index (κ3) is 8.50. The summed E-state index contributed by atoms with van der Waals surface area (Å²) < 4.78 is 16.5. The Morgan fingerprint density at radius 3 is 2.24 bits per heavy atom. The first kappa shape index (κ1) is 19.4. The Morgan fingerprint density at radius 1 is 1.00 bits per heavy atom. The molecule has 0 aromatic heterocycles. The molecule has 1 aliphatic rings. The Kier molecular flexibility index (Phi) is 11.8. The molecule has 0 aromatic rings. The first-order valence-corrected chi connectivity index (χ1v) is 9.45. The predicted molar refractivity (Wildman–Crippen MR) is 90.3 cm³/mol. The van der Waals surface area contributed by atoms with Crippen molar-refractivity contribution in [2.75, 3.05) is 58.1 Å². The van der Waals surface area contributed by atoms with Crippen molar-refractivity contribution in [3.8, 4) is 0 Å². The number of ether oxygens (including phenoxy) is 3. The van der Waals surface area contributed by atoms with E-state index in [1.54, 1.807) is 0 Å². The number of alkyl halides is 1. The highest BCUT2D eigenvalue weighted by Crippen LogP contribution is 2.24. The van der Waals surface area contributed by atoms with Crippen molar-refractivity contribution in [2.24, 2.45) is 5.92 Å². The lowest BCUT2D eigenvalue weighted by Crippen LogP contribution is -2.36. The number of rotatable bonds is 13.